The Kier molecular flexibility index (Phi) is 5.54. The first-order chi connectivity index (χ1) is 21.8. The predicted molar refractivity (Wildman–Crippen MR) is 183 cm³/mol. The van der Waals surface area contributed by atoms with Crippen molar-refractivity contribution in [3.63, 3.8) is 0 Å². The molecule has 0 aliphatic rings. The Morgan fingerprint density at radius 1 is 0.273 bits per heavy atom. The minimum absolute atomic E-state index is 0.882. The molecule has 0 amide bonds. The summed E-state index contributed by atoms with van der Waals surface area (Å²) in [6.07, 6.45) is 0. The molecule has 44 heavy (non-hydrogen) atoms. The first-order valence-electron chi connectivity index (χ1n) is 14.9. The zero-order chi connectivity index (χ0) is 29.0. The lowest BCUT2D eigenvalue weighted by Gasteiger charge is -2.11. The normalized spacial score (nSPS) is 11.6. The highest BCUT2D eigenvalue weighted by molar-refractivity contribution is 6.14. The highest BCUT2D eigenvalue weighted by atomic mass is 16.3. The largest absolute Gasteiger partial charge is 0.456 e. The van der Waals surface area contributed by atoms with Crippen molar-refractivity contribution in [2.45, 2.75) is 0 Å². The van der Waals surface area contributed by atoms with Gasteiger partial charge in [0.25, 0.3) is 0 Å². The summed E-state index contributed by atoms with van der Waals surface area (Å²) in [4.78, 5) is 0. The number of hydrogen-bond donors (Lipinski definition) is 0. The van der Waals surface area contributed by atoms with Crippen molar-refractivity contribution >= 4 is 43.9 Å². The molecule has 0 aliphatic carbocycles. The molecule has 0 spiro atoms. The maximum atomic E-state index is 6.48. The summed E-state index contributed by atoms with van der Waals surface area (Å²) in [7, 11) is 0. The van der Waals surface area contributed by atoms with E-state index in [0.717, 1.165) is 66.1 Å². The van der Waals surface area contributed by atoms with Gasteiger partial charge in [0, 0.05) is 21.5 Å². The van der Waals surface area contributed by atoms with Crippen LogP contribution in [0.4, 0.5) is 0 Å². The molecule has 206 valence electrons. The van der Waals surface area contributed by atoms with Crippen molar-refractivity contribution in [3.05, 3.63) is 158 Å². The standard InChI is InChI=1S/C42H26O2/c1-2-10-27(11-3-1)28-12-8-13-29(22-28)30-14-9-15-32(23-30)36-25-33(26-41-42(36)35-17-5-7-19-39(35)44-41)31-20-21-40-37(24-31)34-16-4-6-18-38(34)43-40/h1-26H. The minimum atomic E-state index is 0.882. The molecule has 0 atom stereocenters. The first-order valence-corrected chi connectivity index (χ1v) is 14.9. The molecular formula is C42H26O2. The SMILES string of the molecule is c1ccc(-c2cccc(-c3cccc(-c4cc(-c5ccc6oc7ccccc7c6c5)cc5oc6ccccc6c45)c3)c2)cc1. The van der Waals surface area contributed by atoms with Gasteiger partial charge in [-0.2, -0.15) is 0 Å². The second-order valence-electron chi connectivity index (χ2n) is 11.3. The summed E-state index contributed by atoms with van der Waals surface area (Å²) in [6.45, 7) is 0. The molecule has 9 rings (SSSR count). The zero-order valence-electron chi connectivity index (χ0n) is 23.8. The van der Waals surface area contributed by atoms with Crippen LogP contribution in [-0.4, -0.2) is 0 Å². The third-order valence-corrected chi connectivity index (χ3v) is 8.67. The fourth-order valence-corrected chi connectivity index (χ4v) is 6.53. The third kappa shape index (κ3) is 4.04. The van der Waals surface area contributed by atoms with Gasteiger partial charge in [-0.15, -0.1) is 0 Å². The maximum Gasteiger partial charge on any atom is 0.136 e. The molecule has 0 saturated carbocycles. The average Bonchev–Trinajstić information content (AvgIpc) is 3.66. The second kappa shape index (κ2) is 9.86. The van der Waals surface area contributed by atoms with E-state index in [2.05, 4.69) is 133 Å². The topological polar surface area (TPSA) is 26.3 Å². The van der Waals surface area contributed by atoms with Crippen LogP contribution >= 0.6 is 0 Å². The number of benzene rings is 7. The van der Waals surface area contributed by atoms with E-state index in [4.69, 9.17) is 8.83 Å². The molecule has 2 aromatic heterocycles. The predicted octanol–water partition coefficient (Wildman–Crippen LogP) is 12.2. The van der Waals surface area contributed by atoms with E-state index in [9.17, 15) is 0 Å². The van der Waals surface area contributed by atoms with Crippen LogP contribution in [0.15, 0.2) is 167 Å². The van der Waals surface area contributed by atoms with E-state index in [0.29, 0.717) is 0 Å². The van der Waals surface area contributed by atoms with Crippen molar-refractivity contribution in [1.29, 1.82) is 0 Å². The van der Waals surface area contributed by atoms with Crippen molar-refractivity contribution in [1.82, 2.24) is 0 Å². The average molecular weight is 563 g/mol. The summed E-state index contributed by atoms with van der Waals surface area (Å²) >= 11 is 0. The van der Waals surface area contributed by atoms with Crippen LogP contribution in [0.2, 0.25) is 0 Å². The Balaban J connectivity index is 1.24. The first kappa shape index (κ1) is 24.7. The van der Waals surface area contributed by atoms with E-state index in [1.165, 1.54) is 22.3 Å². The maximum absolute atomic E-state index is 6.48. The minimum Gasteiger partial charge on any atom is -0.456 e. The van der Waals surface area contributed by atoms with Crippen molar-refractivity contribution in [2.24, 2.45) is 0 Å². The van der Waals surface area contributed by atoms with E-state index in [-0.39, 0.29) is 0 Å². The van der Waals surface area contributed by atoms with Gasteiger partial charge in [0.15, 0.2) is 0 Å². The lowest BCUT2D eigenvalue weighted by atomic mass is 9.92. The van der Waals surface area contributed by atoms with Gasteiger partial charge in [-0.05, 0) is 93.0 Å². The highest BCUT2D eigenvalue weighted by Crippen LogP contribution is 2.42. The van der Waals surface area contributed by atoms with Gasteiger partial charge < -0.3 is 8.83 Å². The van der Waals surface area contributed by atoms with Gasteiger partial charge in [0.2, 0.25) is 0 Å². The van der Waals surface area contributed by atoms with Gasteiger partial charge in [0.05, 0.1) is 0 Å². The fourth-order valence-electron chi connectivity index (χ4n) is 6.53. The summed E-state index contributed by atoms with van der Waals surface area (Å²) in [6, 6.07) is 55.7. The zero-order valence-corrected chi connectivity index (χ0v) is 23.8. The number of rotatable bonds is 4. The van der Waals surface area contributed by atoms with Crippen molar-refractivity contribution < 1.29 is 8.83 Å². The van der Waals surface area contributed by atoms with Crippen LogP contribution in [0.3, 0.4) is 0 Å². The lowest BCUT2D eigenvalue weighted by molar-refractivity contribution is 0.669. The molecule has 0 N–H and O–H groups in total. The van der Waals surface area contributed by atoms with E-state index < -0.39 is 0 Å². The van der Waals surface area contributed by atoms with Gasteiger partial charge in [-0.3, -0.25) is 0 Å². The molecule has 0 saturated heterocycles. The van der Waals surface area contributed by atoms with Crippen molar-refractivity contribution in [3.8, 4) is 44.5 Å². The van der Waals surface area contributed by atoms with E-state index in [1.807, 2.05) is 24.3 Å². The number of hydrogen-bond acceptors (Lipinski definition) is 2. The Hall–Kier alpha value is -5.86. The molecule has 0 fully saturated rings. The van der Waals surface area contributed by atoms with Crippen LogP contribution in [0.1, 0.15) is 0 Å². The molecule has 2 heteroatoms. The Morgan fingerprint density at radius 2 is 0.818 bits per heavy atom. The smallest absolute Gasteiger partial charge is 0.136 e. The Bertz CT molecular complexity index is 2490. The molecule has 7 aromatic carbocycles. The van der Waals surface area contributed by atoms with Gasteiger partial charge in [0.1, 0.15) is 22.3 Å². The van der Waals surface area contributed by atoms with Crippen LogP contribution in [0.5, 0.6) is 0 Å². The number of fused-ring (bicyclic) bond motifs is 6. The molecule has 2 heterocycles. The molecule has 9 aromatic rings. The van der Waals surface area contributed by atoms with Crippen LogP contribution in [0, 0.1) is 0 Å². The number of para-hydroxylation sites is 2. The summed E-state index contributed by atoms with van der Waals surface area (Å²) < 4.78 is 12.6. The Labute approximate surface area is 254 Å². The summed E-state index contributed by atoms with van der Waals surface area (Å²) in [5.41, 5.74) is 12.9. The van der Waals surface area contributed by atoms with Gasteiger partial charge >= 0.3 is 0 Å². The van der Waals surface area contributed by atoms with E-state index in [1.54, 1.807) is 0 Å². The van der Waals surface area contributed by atoms with Gasteiger partial charge in [-0.1, -0.05) is 109 Å². The van der Waals surface area contributed by atoms with Crippen LogP contribution in [0.25, 0.3) is 88.4 Å². The molecule has 2 nitrogen and oxygen atoms in total. The summed E-state index contributed by atoms with van der Waals surface area (Å²) in [5, 5.41) is 4.50. The molecular weight excluding hydrogens is 536 g/mol. The molecule has 0 unspecified atom stereocenters. The van der Waals surface area contributed by atoms with Crippen LogP contribution in [-0.2, 0) is 0 Å². The highest BCUT2D eigenvalue weighted by Gasteiger charge is 2.17. The van der Waals surface area contributed by atoms with Gasteiger partial charge in [-0.25, -0.2) is 0 Å². The molecule has 0 radical (unpaired) electrons. The molecule has 0 aliphatic heterocycles. The fraction of sp³-hybridized carbons (Fsp3) is 0. The molecule has 0 bridgehead atoms. The quantitative estimate of drug-likeness (QED) is 0.213. The Morgan fingerprint density at radius 3 is 1.61 bits per heavy atom. The lowest BCUT2D eigenvalue weighted by Crippen LogP contribution is -1.86. The second-order valence-corrected chi connectivity index (χ2v) is 11.3. The van der Waals surface area contributed by atoms with Crippen molar-refractivity contribution in [2.75, 3.05) is 0 Å². The monoisotopic (exact) mass is 562 g/mol. The summed E-state index contributed by atoms with van der Waals surface area (Å²) in [5.74, 6) is 0. The van der Waals surface area contributed by atoms with E-state index >= 15 is 0 Å². The third-order valence-electron chi connectivity index (χ3n) is 8.67. The number of furan rings is 2. The van der Waals surface area contributed by atoms with Crippen LogP contribution < -0.4 is 0 Å².